The number of nitrogens with zero attached hydrogens (tertiary/aromatic N) is 2. The van der Waals surface area contributed by atoms with Crippen LogP contribution in [0.25, 0.3) is 0 Å². The molecule has 2 fully saturated rings. The Kier molecular flexibility index (Phi) is 7.07. The molecule has 2 aromatic rings. The maximum Gasteiger partial charge on any atom is 0.407 e. The number of carbonyl (C=O) groups is 4. The normalized spacial score (nSPS) is 18.6. The van der Waals surface area contributed by atoms with Crippen LogP contribution < -0.4 is 16.0 Å². The fourth-order valence-corrected chi connectivity index (χ4v) is 4.91. The van der Waals surface area contributed by atoms with Crippen LogP contribution in [0.1, 0.15) is 12.0 Å². The molecule has 0 saturated carbocycles. The van der Waals surface area contributed by atoms with Crippen molar-refractivity contribution in [2.75, 3.05) is 23.7 Å². The van der Waals surface area contributed by atoms with Crippen LogP contribution in [0.5, 0.6) is 0 Å². The van der Waals surface area contributed by atoms with Crippen molar-refractivity contribution in [1.29, 1.82) is 0 Å². The lowest BCUT2D eigenvalue weighted by Crippen LogP contribution is -2.68. The van der Waals surface area contributed by atoms with Gasteiger partial charge >= 0.3 is 22.4 Å². The number of benzene rings is 2. The van der Waals surface area contributed by atoms with Gasteiger partial charge in [-0.3, -0.25) is 14.1 Å². The Morgan fingerprint density at radius 2 is 1.64 bits per heavy atom. The Labute approximate surface area is 206 Å². The lowest BCUT2D eigenvalue weighted by atomic mass is 10.0. The fourth-order valence-electron chi connectivity index (χ4n) is 4.01. The highest BCUT2D eigenvalue weighted by Gasteiger charge is 2.60. The second-order valence-corrected chi connectivity index (χ2v) is 9.37. The fraction of sp³-hybridized carbons (Fsp3) is 0.273. The summed E-state index contributed by atoms with van der Waals surface area (Å²) in [5, 5.41) is 7.55. The second-order valence-electron chi connectivity index (χ2n) is 8.08. The van der Waals surface area contributed by atoms with Crippen LogP contribution in [-0.2, 0) is 31.2 Å². The maximum atomic E-state index is 12.6. The number of hydrogen-bond donors (Lipinski definition) is 4. The predicted octanol–water partition coefficient (Wildman–Crippen LogP) is 1.17. The first kappa shape index (κ1) is 24.9. The van der Waals surface area contributed by atoms with Crippen molar-refractivity contribution in [1.82, 2.24) is 14.5 Å². The van der Waals surface area contributed by atoms with Crippen LogP contribution in [-0.4, -0.2) is 71.3 Å². The van der Waals surface area contributed by atoms with E-state index in [0.717, 1.165) is 5.56 Å². The molecule has 2 saturated heterocycles. The molecule has 4 N–H and O–H groups in total. The summed E-state index contributed by atoms with van der Waals surface area (Å²) in [6.07, 6.45) is -0.511. The van der Waals surface area contributed by atoms with E-state index in [1.54, 1.807) is 12.1 Å². The Balaban J connectivity index is 1.21. The third kappa shape index (κ3) is 5.55. The van der Waals surface area contributed by atoms with Crippen molar-refractivity contribution < 1.29 is 36.9 Å². The number of nitrogens with one attached hydrogen (secondary N) is 3. The monoisotopic (exact) mass is 517 g/mol. The smallest absolute Gasteiger partial charge is 0.407 e. The van der Waals surface area contributed by atoms with Gasteiger partial charge in [-0.15, -0.1) is 0 Å². The average Bonchev–Trinajstić information content (AvgIpc) is 3.21. The summed E-state index contributed by atoms with van der Waals surface area (Å²) in [6.45, 7) is -0.0840. The lowest BCUT2D eigenvalue weighted by molar-refractivity contribution is -0.143. The molecule has 13 nitrogen and oxygen atoms in total. The number of alkyl carbamates (subject to hydrolysis) is 1. The van der Waals surface area contributed by atoms with E-state index < -0.39 is 46.3 Å². The summed E-state index contributed by atoms with van der Waals surface area (Å²) in [5.74, 6) is -1.34. The Morgan fingerprint density at radius 3 is 2.28 bits per heavy atom. The van der Waals surface area contributed by atoms with Crippen LogP contribution in [0, 0.1) is 0 Å². The molecular weight excluding hydrogens is 494 g/mol. The highest BCUT2D eigenvalue weighted by molar-refractivity contribution is 7.84. The molecule has 0 radical (unpaired) electrons. The summed E-state index contributed by atoms with van der Waals surface area (Å²) in [4.78, 5) is 49.7. The van der Waals surface area contributed by atoms with E-state index in [-0.39, 0.29) is 26.1 Å². The Hall–Kier alpha value is -4.17. The zero-order valence-corrected chi connectivity index (χ0v) is 19.6. The minimum atomic E-state index is -4.66. The molecule has 0 aromatic heterocycles. The van der Waals surface area contributed by atoms with E-state index in [9.17, 15) is 27.6 Å². The molecule has 0 spiro atoms. The number of ether oxygens (including phenoxy) is 1. The molecule has 2 aliphatic rings. The zero-order chi connectivity index (χ0) is 25.9. The summed E-state index contributed by atoms with van der Waals surface area (Å²) in [7, 11) is -4.66. The first-order valence-corrected chi connectivity index (χ1v) is 12.3. The van der Waals surface area contributed by atoms with Gasteiger partial charge in [-0.2, -0.15) is 8.42 Å². The molecule has 190 valence electrons. The Bertz CT molecular complexity index is 1270. The molecule has 14 heteroatoms. The van der Waals surface area contributed by atoms with Gasteiger partial charge in [0.25, 0.3) is 5.91 Å². The SMILES string of the molecule is O=C(CNC(=O)OCc1ccccc1)Nc1ccc(NC(=O)N2CCC3[C@H]2C(=O)N3S(=O)(=O)O)cc1. The molecule has 36 heavy (non-hydrogen) atoms. The van der Waals surface area contributed by atoms with Gasteiger partial charge in [0.1, 0.15) is 19.2 Å². The van der Waals surface area contributed by atoms with Gasteiger partial charge in [-0.1, -0.05) is 30.3 Å². The summed E-state index contributed by atoms with van der Waals surface area (Å²) in [6, 6.07) is 12.9. The number of fused-ring (bicyclic) bond motifs is 1. The molecule has 1 unspecified atom stereocenters. The van der Waals surface area contributed by atoms with Crippen molar-refractivity contribution in [2.45, 2.75) is 25.1 Å². The van der Waals surface area contributed by atoms with Crippen LogP contribution in [0.3, 0.4) is 0 Å². The van der Waals surface area contributed by atoms with Gasteiger partial charge in [0, 0.05) is 17.9 Å². The van der Waals surface area contributed by atoms with Crippen LogP contribution in [0.4, 0.5) is 21.0 Å². The number of urea groups is 1. The van der Waals surface area contributed by atoms with Crippen molar-refractivity contribution in [3.05, 3.63) is 60.2 Å². The molecule has 2 aliphatic heterocycles. The van der Waals surface area contributed by atoms with E-state index in [1.807, 2.05) is 18.2 Å². The quantitative estimate of drug-likeness (QED) is 0.313. The molecule has 0 bridgehead atoms. The van der Waals surface area contributed by atoms with Gasteiger partial charge in [0.2, 0.25) is 5.91 Å². The molecular formula is C22H23N5O8S. The van der Waals surface area contributed by atoms with Crippen molar-refractivity contribution in [2.24, 2.45) is 0 Å². The zero-order valence-electron chi connectivity index (χ0n) is 18.8. The highest BCUT2D eigenvalue weighted by Crippen LogP contribution is 2.35. The summed E-state index contributed by atoms with van der Waals surface area (Å²) in [5.41, 5.74) is 1.60. The molecule has 5 amide bonds. The van der Waals surface area contributed by atoms with E-state index in [4.69, 9.17) is 9.29 Å². The molecule has 0 aliphatic carbocycles. The predicted molar refractivity (Wildman–Crippen MR) is 126 cm³/mol. The van der Waals surface area contributed by atoms with Gasteiger partial charge in [0.15, 0.2) is 0 Å². The number of likely N-dealkylation sites (tertiary alicyclic amines) is 1. The Morgan fingerprint density at radius 1 is 1.00 bits per heavy atom. The third-order valence-corrected chi connectivity index (χ3v) is 6.62. The first-order valence-electron chi connectivity index (χ1n) is 10.9. The number of amides is 5. The maximum absolute atomic E-state index is 12.6. The van der Waals surface area contributed by atoms with Crippen molar-refractivity contribution >= 4 is 45.6 Å². The summed E-state index contributed by atoms with van der Waals surface area (Å²) < 4.78 is 37.1. The van der Waals surface area contributed by atoms with Crippen LogP contribution >= 0.6 is 0 Å². The van der Waals surface area contributed by atoms with Gasteiger partial charge in [-0.25, -0.2) is 13.9 Å². The minimum absolute atomic E-state index is 0.0766. The van der Waals surface area contributed by atoms with Crippen LogP contribution in [0.2, 0.25) is 0 Å². The molecule has 4 rings (SSSR count). The average molecular weight is 518 g/mol. The number of rotatable bonds is 7. The molecule has 2 aromatic carbocycles. The highest BCUT2D eigenvalue weighted by atomic mass is 32.2. The van der Waals surface area contributed by atoms with Crippen LogP contribution in [0.15, 0.2) is 54.6 Å². The first-order chi connectivity index (χ1) is 17.1. The number of hydrogen-bond acceptors (Lipinski definition) is 7. The number of carbonyl (C=O) groups excluding carboxylic acids is 4. The number of anilines is 2. The van der Waals surface area contributed by atoms with E-state index in [1.165, 1.54) is 29.2 Å². The molecule has 2 atom stereocenters. The lowest BCUT2D eigenvalue weighted by Gasteiger charge is -2.42. The minimum Gasteiger partial charge on any atom is -0.445 e. The largest absolute Gasteiger partial charge is 0.445 e. The van der Waals surface area contributed by atoms with Gasteiger partial charge < -0.3 is 25.6 Å². The van der Waals surface area contributed by atoms with Gasteiger partial charge in [0.05, 0.1) is 6.04 Å². The van der Waals surface area contributed by atoms with E-state index >= 15 is 0 Å². The van der Waals surface area contributed by atoms with Crippen molar-refractivity contribution in [3.63, 3.8) is 0 Å². The van der Waals surface area contributed by atoms with E-state index in [2.05, 4.69) is 16.0 Å². The van der Waals surface area contributed by atoms with Gasteiger partial charge in [-0.05, 0) is 36.2 Å². The summed E-state index contributed by atoms with van der Waals surface area (Å²) >= 11 is 0. The number of β-lactam (4-membered cyclic amide) rings is 1. The van der Waals surface area contributed by atoms with E-state index in [0.29, 0.717) is 15.7 Å². The molecule has 2 heterocycles. The topological polar surface area (TPSA) is 174 Å². The van der Waals surface area contributed by atoms with Crippen molar-refractivity contribution in [3.8, 4) is 0 Å². The standard InChI is InChI=1S/C22H23N5O8S/c28-18(12-23-22(31)35-13-14-4-2-1-3-5-14)24-15-6-8-16(9-7-15)25-21(30)26-11-10-17-19(26)20(29)27(17)36(32,33)34/h1-9,17,19H,10-13H2,(H,23,31)(H,24,28)(H,25,30)(H,32,33,34)/t17?,19-/m0/s1. The third-order valence-electron chi connectivity index (χ3n) is 5.67. The second kappa shape index (κ2) is 10.2.